The van der Waals surface area contributed by atoms with E-state index in [1.54, 1.807) is 30.7 Å². The van der Waals surface area contributed by atoms with Gasteiger partial charge in [0.25, 0.3) is 5.56 Å². The Hall–Kier alpha value is -3.90. The Bertz CT molecular complexity index is 1740. The lowest BCUT2D eigenvalue weighted by Crippen LogP contribution is -2.48. The number of aryl methyl sites for hydroxylation is 1. The van der Waals surface area contributed by atoms with Crippen LogP contribution in [0.15, 0.2) is 52.2 Å². The first-order chi connectivity index (χ1) is 20.2. The third-order valence-electron chi connectivity index (χ3n) is 7.86. The maximum Gasteiger partial charge on any atom is 0.277 e. The van der Waals surface area contributed by atoms with E-state index in [1.165, 1.54) is 10.4 Å². The summed E-state index contributed by atoms with van der Waals surface area (Å²) in [6.45, 7) is 9.84. The van der Waals surface area contributed by atoms with E-state index in [1.807, 2.05) is 31.2 Å². The van der Waals surface area contributed by atoms with Gasteiger partial charge in [-0.2, -0.15) is 4.31 Å². The van der Waals surface area contributed by atoms with Crippen LogP contribution in [0.3, 0.4) is 0 Å². The van der Waals surface area contributed by atoms with Crippen molar-refractivity contribution in [1.82, 2.24) is 23.9 Å². The van der Waals surface area contributed by atoms with E-state index in [0.29, 0.717) is 55.3 Å². The highest BCUT2D eigenvalue weighted by Gasteiger charge is 2.31. The van der Waals surface area contributed by atoms with Gasteiger partial charge in [0.2, 0.25) is 10.0 Å². The first kappa shape index (κ1) is 29.6. The first-order valence-corrected chi connectivity index (χ1v) is 15.8. The molecule has 4 aromatic rings. The maximum absolute atomic E-state index is 13.8. The van der Waals surface area contributed by atoms with Gasteiger partial charge in [0.15, 0.2) is 11.3 Å². The summed E-state index contributed by atoms with van der Waals surface area (Å²) in [5.41, 5.74) is 1.98. The normalized spacial score (nSPS) is 14.6. The largest absolute Gasteiger partial charge is 0.495 e. The molecular formula is C30H38N6O5S. The number of H-pyrrole nitrogens is 1. The fourth-order valence-electron chi connectivity index (χ4n) is 5.58. The number of sulfonamides is 1. The predicted molar refractivity (Wildman–Crippen MR) is 162 cm³/mol. The van der Waals surface area contributed by atoms with Gasteiger partial charge in [-0.05, 0) is 57.0 Å². The van der Waals surface area contributed by atoms with Crippen LogP contribution < -0.4 is 19.9 Å². The molecule has 1 aliphatic heterocycles. The lowest BCUT2D eigenvalue weighted by Gasteiger charge is -2.36. The summed E-state index contributed by atoms with van der Waals surface area (Å²) in [4.78, 5) is 23.0. The van der Waals surface area contributed by atoms with Gasteiger partial charge in [-0.15, -0.1) is 5.10 Å². The maximum atomic E-state index is 13.8. The van der Waals surface area contributed by atoms with E-state index in [0.717, 1.165) is 30.1 Å². The van der Waals surface area contributed by atoms with Crippen LogP contribution >= 0.6 is 0 Å². The Balaban J connectivity index is 1.51. The number of fused-ring (bicyclic) bond motifs is 1. The Morgan fingerprint density at radius 2 is 1.71 bits per heavy atom. The smallest absolute Gasteiger partial charge is 0.277 e. The molecule has 1 N–H and O–H groups in total. The van der Waals surface area contributed by atoms with Crippen LogP contribution in [0.4, 0.5) is 5.69 Å². The van der Waals surface area contributed by atoms with Crippen LogP contribution in [0.25, 0.3) is 16.9 Å². The number of aromatic nitrogens is 4. The molecule has 2 aromatic carbocycles. The van der Waals surface area contributed by atoms with E-state index >= 15 is 0 Å². The van der Waals surface area contributed by atoms with Gasteiger partial charge in [-0.1, -0.05) is 26.0 Å². The molecule has 11 nitrogen and oxygen atoms in total. The summed E-state index contributed by atoms with van der Waals surface area (Å²) in [5, 5.41) is 4.77. The van der Waals surface area contributed by atoms with Gasteiger partial charge < -0.3 is 19.4 Å². The second-order valence-corrected chi connectivity index (χ2v) is 12.2. The summed E-state index contributed by atoms with van der Waals surface area (Å²) in [6.07, 6.45) is 1.70. The number of para-hydroxylation sites is 2. The van der Waals surface area contributed by atoms with Crippen molar-refractivity contribution >= 4 is 21.2 Å². The van der Waals surface area contributed by atoms with E-state index in [9.17, 15) is 13.2 Å². The van der Waals surface area contributed by atoms with Crippen molar-refractivity contribution in [2.75, 3.05) is 44.8 Å². The van der Waals surface area contributed by atoms with Gasteiger partial charge >= 0.3 is 0 Å². The second-order valence-electron chi connectivity index (χ2n) is 10.3. The Labute approximate surface area is 246 Å². The molecule has 2 aromatic heterocycles. The molecule has 0 unspecified atom stereocenters. The van der Waals surface area contributed by atoms with Gasteiger partial charge in [0, 0.05) is 32.1 Å². The Kier molecular flexibility index (Phi) is 8.55. The number of imidazole rings is 1. The topological polar surface area (TPSA) is 122 Å². The average molecular weight is 595 g/mol. The van der Waals surface area contributed by atoms with Crippen molar-refractivity contribution in [2.45, 2.75) is 51.3 Å². The minimum atomic E-state index is -3.84. The standard InChI is InChI=1S/C30H38N6O5S/c1-6-21(7-2)29-31-20(4)27-30(37)32-28(33-36(27)29)23-19-22(13-14-25(23)41-8-3)42(38,39)35-17-15-34(16-18-35)24-11-9-10-12-26(24)40-5/h9-14,19,21H,6-8,15-18H2,1-5H3,(H,32,33,37). The van der Waals surface area contributed by atoms with Crippen molar-refractivity contribution in [1.29, 1.82) is 0 Å². The molecule has 224 valence electrons. The number of methoxy groups -OCH3 is 1. The molecule has 1 fully saturated rings. The molecule has 12 heteroatoms. The fraction of sp³-hybridized carbons (Fsp3) is 0.433. The SMILES string of the molecule is CCOc1ccc(S(=O)(=O)N2CCN(c3ccccc3OC)CC2)cc1-c1nn2c(C(CC)CC)nc(C)c2c(=O)[nH]1. The molecule has 0 atom stereocenters. The zero-order valence-electron chi connectivity index (χ0n) is 24.8. The average Bonchev–Trinajstić information content (AvgIpc) is 3.34. The lowest BCUT2D eigenvalue weighted by molar-refractivity contribution is 0.341. The van der Waals surface area contributed by atoms with Gasteiger partial charge in [0.05, 0.1) is 35.6 Å². The Morgan fingerprint density at radius 1 is 1.00 bits per heavy atom. The summed E-state index contributed by atoms with van der Waals surface area (Å²) in [6, 6.07) is 12.4. The first-order valence-electron chi connectivity index (χ1n) is 14.4. The molecule has 0 aliphatic carbocycles. The molecule has 5 rings (SSSR count). The number of ether oxygens (including phenoxy) is 2. The molecular weight excluding hydrogens is 556 g/mol. The number of nitrogens with one attached hydrogen (secondary N) is 1. The minimum Gasteiger partial charge on any atom is -0.495 e. The third-order valence-corrected chi connectivity index (χ3v) is 9.75. The highest BCUT2D eigenvalue weighted by atomic mass is 32.2. The van der Waals surface area contributed by atoms with Crippen molar-refractivity contribution < 1.29 is 17.9 Å². The summed E-state index contributed by atoms with van der Waals surface area (Å²) in [7, 11) is -2.21. The van der Waals surface area contributed by atoms with Crippen LogP contribution in [0.5, 0.6) is 11.5 Å². The van der Waals surface area contributed by atoms with Crippen LogP contribution in [0.2, 0.25) is 0 Å². The molecule has 1 aliphatic rings. The summed E-state index contributed by atoms with van der Waals surface area (Å²) < 4.78 is 42.1. The summed E-state index contributed by atoms with van der Waals surface area (Å²) in [5.74, 6) is 2.25. The predicted octanol–water partition coefficient (Wildman–Crippen LogP) is 4.21. The lowest BCUT2D eigenvalue weighted by atomic mass is 10.0. The highest BCUT2D eigenvalue weighted by Crippen LogP contribution is 2.33. The highest BCUT2D eigenvalue weighted by molar-refractivity contribution is 7.89. The van der Waals surface area contributed by atoms with Crippen molar-refractivity contribution in [3.63, 3.8) is 0 Å². The van der Waals surface area contributed by atoms with Crippen molar-refractivity contribution in [3.8, 4) is 22.9 Å². The van der Waals surface area contributed by atoms with Gasteiger partial charge in [-0.3, -0.25) is 4.79 Å². The van der Waals surface area contributed by atoms with Crippen molar-refractivity contribution in [3.05, 3.63) is 64.3 Å². The third kappa shape index (κ3) is 5.36. The zero-order chi connectivity index (χ0) is 30.0. The molecule has 0 bridgehead atoms. The van der Waals surface area contributed by atoms with E-state index in [2.05, 4.69) is 28.7 Å². The number of anilines is 1. The number of nitrogens with zero attached hydrogens (tertiary/aromatic N) is 5. The van der Waals surface area contributed by atoms with Crippen LogP contribution in [-0.4, -0.2) is 72.2 Å². The number of rotatable bonds is 10. The number of aromatic amines is 1. The number of piperazine rings is 1. The van der Waals surface area contributed by atoms with E-state index in [-0.39, 0.29) is 22.2 Å². The Morgan fingerprint density at radius 3 is 2.38 bits per heavy atom. The molecule has 0 saturated carbocycles. The molecule has 42 heavy (non-hydrogen) atoms. The quantitative estimate of drug-likeness (QED) is 0.290. The molecule has 1 saturated heterocycles. The van der Waals surface area contributed by atoms with Crippen LogP contribution in [-0.2, 0) is 10.0 Å². The van der Waals surface area contributed by atoms with E-state index in [4.69, 9.17) is 14.6 Å². The number of benzene rings is 2. The van der Waals surface area contributed by atoms with Crippen LogP contribution in [0, 0.1) is 6.92 Å². The molecule has 0 spiro atoms. The molecule has 0 amide bonds. The van der Waals surface area contributed by atoms with Crippen LogP contribution in [0.1, 0.15) is 51.0 Å². The summed E-state index contributed by atoms with van der Waals surface area (Å²) >= 11 is 0. The minimum absolute atomic E-state index is 0.108. The molecule has 0 radical (unpaired) electrons. The zero-order valence-corrected chi connectivity index (χ0v) is 25.6. The molecule has 3 heterocycles. The monoisotopic (exact) mass is 594 g/mol. The van der Waals surface area contributed by atoms with Gasteiger partial charge in [0.1, 0.15) is 17.3 Å². The van der Waals surface area contributed by atoms with Crippen molar-refractivity contribution in [2.24, 2.45) is 0 Å². The fourth-order valence-corrected chi connectivity index (χ4v) is 7.03. The number of hydrogen-bond donors (Lipinski definition) is 1. The van der Waals surface area contributed by atoms with Gasteiger partial charge in [-0.25, -0.2) is 17.9 Å². The number of hydrogen-bond acceptors (Lipinski definition) is 8. The second kappa shape index (κ2) is 12.1. The van der Waals surface area contributed by atoms with E-state index < -0.39 is 10.0 Å².